The van der Waals surface area contributed by atoms with Crippen LogP contribution in [-0.4, -0.2) is 11.7 Å². The highest BCUT2D eigenvalue weighted by Crippen LogP contribution is 2.24. The quantitative estimate of drug-likeness (QED) is 0.829. The Hall–Kier alpha value is -2.88. The zero-order valence-electron chi connectivity index (χ0n) is 11.4. The molecule has 0 spiro atoms. The van der Waals surface area contributed by atoms with E-state index in [0.29, 0.717) is 17.8 Å². The van der Waals surface area contributed by atoms with Crippen molar-refractivity contribution in [2.24, 2.45) is 4.99 Å². The van der Waals surface area contributed by atoms with E-state index >= 15 is 0 Å². The molecule has 0 aromatic heterocycles. The van der Waals surface area contributed by atoms with Crippen LogP contribution in [0.3, 0.4) is 0 Å². The molecule has 0 atom stereocenters. The number of aliphatic imine (C=N–C) groups is 1. The molecule has 1 heterocycles. The summed E-state index contributed by atoms with van der Waals surface area (Å²) < 4.78 is 0. The number of hydrogen-bond donors (Lipinski definition) is 2. The number of nitrogens with two attached hydrogens (primary N) is 1. The summed E-state index contributed by atoms with van der Waals surface area (Å²) in [4.78, 5) is 16.3. The number of amidine groups is 1. The molecule has 0 unspecified atom stereocenters. The van der Waals surface area contributed by atoms with Crippen LogP contribution in [0.15, 0.2) is 65.8 Å². The van der Waals surface area contributed by atoms with Crippen LogP contribution in [0.5, 0.6) is 0 Å². The number of benzene rings is 2. The predicted molar refractivity (Wildman–Crippen MR) is 84.8 cm³/mol. The van der Waals surface area contributed by atoms with Crippen molar-refractivity contribution >= 4 is 23.0 Å². The zero-order chi connectivity index (χ0) is 14.7. The topological polar surface area (TPSA) is 67.5 Å². The van der Waals surface area contributed by atoms with Gasteiger partial charge in [-0.15, -0.1) is 0 Å². The first-order valence-electron chi connectivity index (χ1n) is 6.70. The lowest BCUT2D eigenvalue weighted by atomic mass is 10.0. The molecule has 104 valence electrons. The molecule has 4 nitrogen and oxygen atoms in total. The van der Waals surface area contributed by atoms with E-state index in [1.54, 1.807) is 18.3 Å². The zero-order valence-corrected chi connectivity index (χ0v) is 11.4. The molecule has 0 fully saturated rings. The molecular weight excluding hydrogens is 262 g/mol. The summed E-state index contributed by atoms with van der Waals surface area (Å²) in [6, 6.07) is 16.7. The number of nitrogens with zero attached hydrogens (tertiary/aromatic N) is 1. The van der Waals surface area contributed by atoms with Gasteiger partial charge in [-0.3, -0.25) is 4.79 Å². The van der Waals surface area contributed by atoms with Gasteiger partial charge in [-0.1, -0.05) is 30.3 Å². The van der Waals surface area contributed by atoms with Gasteiger partial charge in [-0.2, -0.15) is 0 Å². The largest absolute Gasteiger partial charge is 0.399 e. The van der Waals surface area contributed by atoms with Crippen molar-refractivity contribution in [2.75, 3.05) is 5.73 Å². The second-order valence-corrected chi connectivity index (χ2v) is 4.85. The van der Waals surface area contributed by atoms with Crippen molar-refractivity contribution in [3.05, 3.63) is 71.9 Å². The number of anilines is 1. The molecule has 0 saturated carbocycles. The maximum absolute atomic E-state index is 12.1. The Kier molecular flexibility index (Phi) is 3.51. The van der Waals surface area contributed by atoms with Gasteiger partial charge in [-0.25, -0.2) is 4.99 Å². The Morgan fingerprint density at radius 1 is 1.10 bits per heavy atom. The fraction of sp³-hybridized carbons (Fsp3) is 0.0588. The van der Waals surface area contributed by atoms with Crippen LogP contribution in [0.25, 0.3) is 5.57 Å². The van der Waals surface area contributed by atoms with Gasteiger partial charge in [-0.05, 0) is 35.4 Å². The van der Waals surface area contributed by atoms with E-state index in [1.165, 1.54) is 0 Å². The predicted octanol–water partition coefficient (Wildman–Crippen LogP) is 2.84. The van der Waals surface area contributed by atoms with Gasteiger partial charge in [0.25, 0.3) is 5.91 Å². The highest BCUT2D eigenvalue weighted by molar-refractivity contribution is 6.10. The standard InChI is InChI=1S/C17H15N3O/c18-15-8-4-7-13(9-15)14-10-16(19-11-14)20-17(21)12-5-2-1-3-6-12/h1-9,11H,10,18H2,(H,19,20,21). The van der Waals surface area contributed by atoms with Crippen molar-refractivity contribution in [3.8, 4) is 0 Å². The number of carbonyl (C=O) groups excluding carboxylic acids is 1. The highest BCUT2D eigenvalue weighted by Gasteiger charge is 2.15. The van der Waals surface area contributed by atoms with Crippen molar-refractivity contribution in [1.29, 1.82) is 0 Å². The fourth-order valence-electron chi connectivity index (χ4n) is 2.21. The second-order valence-electron chi connectivity index (χ2n) is 4.85. The minimum Gasteiger partial charge on any atom is -0.399 e. The molecule has 0 saturated heterocycles. The van der Waals surface area contributed by atoms with Crippen LogP contribution in [0, 0.1) is 0 Å². The summed E-state index contributed by atoms with van der Waals surface area (Å²) in [5, 5.41) is 2.84. The molecule has 0 bridgehead atoms. The van der Waals surface area contributed by atoms with E-state index in [2.05, 4.69) is 10.3 Å². The lowest BCUT2D eigenvalue weighted by Crippen LogP contribution is -2.29. The Balaban J connectivity index is 1.65. The number of hydrogen-bond acceptors (Lipinski definition) is 3. The number of amides is 1. The van der Waals surface area contributed by atoms with E-state index < -0.39 is 0 Å². The number of carbonyl (C=O) groups is 1. The molecule has 2 aromatic carbocycles. The van der Waals surface area contributed by atoms with Crippen molar-refractivity contribution in [1.82, 2.24) is 5.32 Å². The van der Waals surface area contributed by atoms with Gasteiger partial charge in [0.2, 0.25) is 0 Å². The normalized spacial score (nSPS) is 13.5. The van der Waals surface area contributed by atoms with E-state index in [4.69, 9.17) is 5.73 Å². The van der Waals surface area contributed by atoms with E-state index in [-0.39, 0.29) is 5.91 Å². The maximum Gasteiger partial charge on any atom is 0.256 e. The maximum atomic E-state index is 12.1. The van der Waals surface area contributed by atoms with E-state index in [0.717, 1.165) is 16.8 Å². The van der Waals surface area contributed by atoms with Crippen LogP contribution >= 0.6 is 0 Å². The first-order valence-corrected chi connectivity index (χ1v) is 6.70. The monoisotopic (exact) mass is 277 g/mol. The Labute approximate surface area is 123 Å². The minimum absolute atomic E-state index is 0.142. The average molecular weight is 277 g/mol. The summed E-state index contributed by atoms with van der Waals surface area (Å²) in [6.45, 7) is 0. The van der Waals surface area contributed by atoms with Gasteiger partial charge in [0.05, 0.1) is 0 Å². The van der Waals surface area contributed by atoms with Gasteiger partial charge in [0, 0.05) is 23.9 Å². The van der Waals surface area contributed by atoms with Crippen LogP contribution in [-0.2, 0) is 0 Å². The Bertz CT molecular complexity index is 733. The highest BCUT2D eigenvalue weighted by atomic mass is 16.1. The molecule has 1 aliphatic rings. The Morgan fingerprint density at radius 3 is 2.67 bits per heavy atom. The van der Waals surface area contributed by atoms with Gasteiger partial charge >= 0.3 is 0 Å². The van der Waals surface area contributed by atoms with E-state index in [9.17, 15) is 4.79 Å². The number of rotatable bonds is 2. The van der Waals surface area contributed by atoms with Crippen molar-refractivity contribution in [3.63, 3.8) is 0 Å². The lowest BCUT2D eigenvalue weighted by molar-refractivity contribution is 0.0976. The van der Waals surface area contributed by atoms with E-state index in [1.807, 2.05) is 42.5 Å². The first-order chi connectivity index (χ1) is 10.2. The molecule has 0 radical (unpaired) electrons. The fourth-order valence-corrected chi connectivity index (χ4v) is 2.21. The van der Waals surface area contributed by atoms with Crippen LogP contribution < -0.4 is 11.1 Å². The molecule has 3 N–H and O–H groups in total. The second kappa shape index (κ2) is 5.63. The third kappa shape index (κ3) is 3.00. The van der Waals surface area contributed by atoms with Crippen LogP contribution in [0.1, 0.15) is 22.3 Å². The number of nitrogen functional groups attached to an aromatic ring is 1. The summed E-state index contributed by atoms with van der Waals surface area (Å²) in [5.74, 6) is 0.512. The summed E-state index contributed by atoms with van der Waals surface area (Å²) >= 11 is 0. The third-order valence-electron chi connectivity index (χ3n) is 3.29. The van der Waals surface area contributed by atoms with Crippen molar-refractivity contribution in [2.45, 2.75) is 6.42 Å². The van der Waals surface area contributed by atoms with Gasteiger partial charge < -0.3 is 11.1 Å². The van der Waals surface area contributed by atoms with Gasteiger partial charge in [0.1, 0.15) is 5.84 Å². The molecule has 2 aromatic rings. The summed E-state index contributed by atoms with van der Waals surface area (Å²) in [5.41, 5.74) is 9.20. The smallest absolute Gasteiger partial charge is 0.256 e. The van der Waals surface area contributed by atoms with Crippen LogP contribution in [0.4, 0.5) is 5.69 Å². The molecular formula is C17H15N3O. The minimum atomic E-state index is -0.142. The molecule has 1 amide bonds. The molecule has 4 heteroatoms. The average Bonchev–Trinajstić information content (AvgIpc) is 2.97. The number of nitrogens with one attached hydrogen (secondary N) is 1. The first kappa shape index (κ1) is 13.1. The SMILES string of the molecule is Nc1cccc(C2=CN=C(NC(=O)c3ccccc3)C2)c1. The Morgan fingerprint density at radius 2 is 1.90 bits per heavy atom. The van der Waals surface area contributed by atoms with Gasteiger partial charge in [0.15, 0.2) is 0 Å². The molecule has 0 aliphatic carbocycles. The third-order valence-corrected chi connectivity index (χ3v) is 3.29. The summed E-state index contributed by atoms with van der Waals surface area (Å²) in [7, 11) is 0. The molecule has 21 heavy (non-hydrogen) atoms. The summed E-state index contributed by atoms with van der Waals surface area (Å²) in [6.07, 6.45) is 2.37. The molecule has 1 aliphatic heterocycles. The van der Waals surface area contributed by atoms with Crippen molar-refractivity contribution < 1.29 is 4.79 Å². The molecule has 3 rings (SSSR count). The lowest BCUT2D eigenvalue weighted by Gasteiger charge is -2.06. The van der Waals surface area contributed by atoms with Crippen LogP contribution in [0.2, 0.25) is 0 Å².